The number of hydrogen-bond acceptors (Lipinski definition) is 6. The standard InChI is InChI=1S/C10H17N5O2S2/c1-15(2)6-3-4-7-18-8-5-12-10-9(11)13-19(16,17)14-10/h5-8H2,1-2H3,(H2,11,13)(H,12,14). The summed E-state index contributed by atoms with van der Waals surface area (Å²) in [4.78, 5) is 6.04. The highest BCUT2D eigenvalue weighted by Gasteiger charge is 2.23. The van der Waals surface area contributed by atoms with E-state index < -0.39 is 10.2 Å². The van der Waals surface area contributed by atoms with E-state index in [2.05, 4.69) is 26.0 Å². The fraction of sp³-hybridized carbons (Fsp3) is 0.600. The molecule has 9 heteroatoms. The highest BCUT2D eigenvalue weighted by atomic mass is 32.2. The van der Waals surface area contributed by atoms with Gasteiger partial charge in [-0.1, -0.05) is 11.8 Å². The van der Waals surface area contributed by atoms with E-state index in [1.807, 2.05) is 19.0 Å². The molecule has 0 fully saturated rings. The van der Waals surface area contributed by atoms with E-state index in [4.69, 9.17) is 5.73 Å². The molecule has 0 unspecified atom stereocenters. The Labute approximate surface area is 117 Å². The Hall–Kier alpha value is -1.24. The number of thioether (sulfide) groups is 1. The minimum Gasteiger partial charge on any atom is -0.380 e. The highest BCUT2D eigenvalue weighted by Crippen LogP contribution is 2.00. The van der Waals surface area contributed by atoms with Crippen molar-refractivity contribution in [2.75, 3.05) is 38.7 Å². The summed E-state index contributed by atoms with van der Waals surface area (Å²) in [6.45, 7) is 1.21. The van der Waals surface area contributed by atoms with Crippen molar-refractivity contribution in [3.63, 3.8) is 0 Å². The molecule has 7 nitrogen and oxygen atoms in total. The zero-order chi connectivity index (χ0) is 14.3. The lowest BCUT2D eigenvalue weighted by molar-refractivity contribution is 0.464. The second-order valence-corrected chi connectivity index (χ2v) is 6.37. The smallest absolute Gasteiger partial charge is 0.345 e. The normalized spacial score (nSPS) is 18.9. The molecule has 0 bridgehead atoms. The Bertz CT molecular complexity index is 528. The molecule has 0 aromatic rings. The van der Waals surface area contributed by atoms with Gasteiger partial charge in [-0.05, 0) is 14.1 Å². The van der Waals surface area contributed by atoms with Crippen LogP contribution in [0.4, 0.5) is 0 Å². The number of hydrogen-bond donors (Lipinski definition) is 2. The Morgan fingerprint density at radius 1 is 1.47 bits per heavy atom. The average Bonchev–Trinajstić information content (AvgIpc) is 2.55. The molecule has 0 saturated carbocycles. The number of nitrogens with zero attached hydrogens (tertiary/aromatic N) is 3. The van der Waals surface area contributed by atoms with Crippen LogP contribution in [-0.4, -0.2) is 63.7 Å². The summed E-state index contributed by atoms with van der Waals surface area (Å²) in [7, 11) is 0.270. The van der Waals surface area contributed by atoms with Gasteiger partial charge in [0.05, 0.1) is 18.8 Å². The van der Waals surface area contributed by atoms with Gasteiger partial charge in [0, 0.05) is 5.75 Å². The van der Waals surface area contributed by atoms with Crippen molar-refractivity contribution in [3.05, 3.63) is 0 Å². The van der Waals surface area contributed by atoms with Crippen molar-refractivity contribution in [1.29, 1.82) is 0 Å². The predicted molar refractivity (Wildman–Crippen MR) is 79.6 cm³/mol. The summed E-state index contributed by atoms with van der Waals surface area (Å²) in [6, 6.07) is 0. The van der Waals surface area contributed by atoms with Crippen LogP contribution in [0.2, 0.25) is 0 Å². The largest absolute Gasteiger partial charge is 0.380 e. The molecule has 106 valence electrons. The van der Waals surface area contributed by atoms with Gasteiger partial charge in [-0.25, -0.2) is 4.72 Å². The van der Waals surface area contributed by atoms with E-state index in [-0.39, 0.29) is 11.7 Å². The third kappa shape index (κ3) is 6.47. The van der Waals surface area contributed by atoms with Gasteiger partial charge >= 0.3 is 10.2 Å². The molecule has 0 spiro atoms. The molecular formula is C10H17N5O2S2. The number of amidine groups is 2. The molecule has 0 saturated heterocycles. The van der Waals surface area contributed by atoms with Crippen molar-refractivity contribution in [3.8, 4) is 11.8 Å². The Morgan fingerprint density at radius 2 is 2.21 bits per heavy atom. The highest BCUT2D eigenvalue weighted by molar-refractivity contribution is 7.99. The van der Waals surface area contributed by atoms with Crippen molar-refractivity contribution in [2.45, 2.75) is 0 Å². The second-order valence-electron chi connectivity index (χ2n) is 3.93. The van der Waals surface area contributed by atoms with Crippen LogP contribution in [0, 0.1) is 11.8 Å². The van der Waals surface area contributed by atoms with E-state index in [1.54, 1.807) is 11.8 Å². The van der Waals surface area contributed by atoms with Gasteiger partial charge < -0.3 is 5.73 Å². The third-order valence-electron chi connectivity index (χ3n) is 1.89. The first-order valence-electron chi connectivity index (χ1n) is 5.52. The van der Waals surface area contributed by atoms with E-state index in [1.165, 1.54) is 0 Å². The minimum absolute atomic E-state index is 0.0872. The maximum absolute atomic E-state index is 11.0. The van der Waals surface area contributed by atoms with Gasteiger partial charge in [0.2, 0.25) is 0 Å². The molecule has 19 heavy (non-hydrogen) atoms. The summed E-state index contributed by atoms with van der Waals surface area (Å²) in [5.41, 5.74) is 5.41. The summed E-state index contributed by atoms with van der Waals surface area (Å²) in [5.74, 6) is 7.57. The Morgan fingerprint density at radius 3 is 2.79 bits per heavy atom. The van der Waals surface area contributed by atoms with Gasteiger partial charge in [-0.3, -0.25) is 9.89 Å². The lowest BCUT2D eigenvalue weighted by atomic mass is 10.5. The van der Waals surface area contributed by atoms with Gasteiger partial charge in [0.1, 0.15) is 0 Å². The third-order valence-corrected chi connectivity index (χ3v) is 3.59. The molecule has 1 heterocycles. The van der Waals surface area contributed by atoms with Crippen LogP contribution in [0.15, 0.2) is 9.39 Å². The number of aliphatic imine (C=N–C) groups is 1. The van der Waals surface area contributed by atoms with Crippen LogP contribution in [-0.2, 0) is 10.2 Å². The zero-order valence-corrected chi connectivity index (χ0v) is 12.5. The molecule has 0 aromatic carbocycles. The van der Waals surface area contributed by atoms with Crippen LogP contribution in [0.25, 0.3) is 0 Å². The molecule has 0 amide bonds. The van der Waals surface area contributed by atoms with Gasteiger partial charge in [-0.15, -0.1) is 16.2 Å². The van der Waals surface area contributed by atoms with Crippen LogP contribution in [0.1, 0.15) is 0 Å². The summed E-state index contributed by atoms with van der Waals surface area (Å²) in [5, 5.41) is 0. The van der Waals surface area contributed by atoms with E-state index >= 15 is 0 Å². The van der Waals surface area contributed by atoms with Gasteiger partial charge in [0.25, 0.3) is 0 Å². The van der Waals surface area contributed by atoms with E-state index in [9.17, 15) is 8.42 Å². The lowest BCUT2D eigenvalue weighted by Crippen LogP contribution is -2.31. The van der Waals surface area contributed by atoms with Crippen LogP contribution < -0.4 is 10.5 Å². The van der Waals surface area contributed by atoms with Crippen molar-refractivity contribution >= 4 is 33.6 Å². The first-order valence-corrected chi connectivity index (χ1v) is 8.11. The summed E-state index contributed by atoms with van der Waals surface area (Å²) < 4.78 is 27.5. The van der Waals surface area contributed by atoms with Crippen molar-refractivity contribution < 1.29 is 8.42 Å². The second kappa shape index (κ2) is 7.37. The SMILES string of the molecule is CN(C)CC#CCSCCN=C1NS(=O)(=O)N=C1N. The number of rotatable bonds is 5. The monoisotopic (exact) mass is 303 g/mol. The fourth-order valence-electron chi connectivity index (χ4n) is 1.09. The molecule has 1 rings (SSSR count). The molecule has 0 aliphatic carbocycles. The first kappa shape index (κ1) is 15.8. The summed E-state index contributed by atoms with van der Waals surface area (Å²) >= 11 is 1.63. The van der Waals surface area contributed by atoms with Gasteiger partial charge in [0.15, 0.2) is 11.7 Å². The molecule has 3 N–H and O–H groups in total. The predicted octanol–water partition coefficient (Wildman–Crippen LogP) is -1.11. The molecule has 0 radical (unpaired) electrons. The number of nitrogens with one attached hydrogen (secondary N) is 1. The van der Waals surface area contributed by atoms with Crippen LogP contribution >= 0.6 is 11.8 Å². The first-order chi connectivity index (χ1) is 8.91. The molecule has 1 aliphatic rings. The van der Waals surface area contributed by atoms with Crippen molar-refractivity contribution in [2.24, 2.45) is 15.1 Å². The van der Waals surface area contributed by atoms with E-state index in [0.29, 0.717) is 6.54 Å². The zero-order valence-electron chi connectivity index (χ0n) is 10.9. The van der Waals surface area contributed by atoms with Crippen LogP contribution in [0.5, 0.6) is 0 Å². The fourth-order valence-corrected chi connectivity index (χ4v) is 2.47. The Balaban J connectivity index is 2.21. The topological polar surface area (TPSA) is 100 Å². The van der Waals surface area contributed by atoms with Gasteiger partial charge in [-0.2, -0.15) is 8.42 Å². The molecule has 0 aromatic heterocycles. The van der Waals surface area contributed by atoms with E-state index in [0.717, 1.165) is 18.1 Å². The lowest BCUT2D eigenvalue weighted by Gasteiger charge is -2.00. The maximum atomic E-state index is 11.0. The Kier molecular flexibility index (Phi) is 6.14. The van der Waals surface area contributed by atoms with Crippen LogP contribution in [0.3, 0.4) is 0 Å². The molecule has 0 atom stereocenters. The minimum atomic E-state index is -3.66. The quantitative estimate of drug-likeness (QED) is 0.495. The summed E-state index contributed by atoms with van der Waals surface area (Å²) in [6.07, 6.45) is 0. The molecular weight excluding hydrogens is 286 g/mol. The number of nitrogens with two attached hydrogens (primary N) is 1. The average molecular weight is 303 g/mol. The molecule has 1 aliphatic heterocycles. The maximum Gasteiger partial charge on any atom is 0.345 e. The van der Waals surface area contributed by atoms with Crippen molar-refractivity contribution in [1.82, 2.24) is 9.62 Å².